The highest BCUT2D eigenvalue weighted by atomic mass is 35.5. The van der Waals surface area contributed by atoms with Crippen LogP contribution in [-0.4, -0.2) is 16.5 Å². The Bertz CT molecular complexity index is 328. The largest absolute Gasteiger partial charge is 0.370 e. The molecule has 0 fully saturated rings. The van der Waals surface area contributed by atoms with E-state index in [0.717, 1.165) is 30.9 Å². The maximum atomic E-state index is 5.89. The molecule has 3 nitrogen and oxygen atoms in total. The van der Waals surface area contributed by atoms with E-state index >= 15 is 0 Å². The zero-order chi connectivity index (χ0) is 12.5. The van der Waals surface area contributed by atoms with Gasteiger partial charge in [0.15, 0.2) is 0 Å². The maximum absolute atomic E-state index is 5.89. The normalized spacial score (nSPS) is 10.5. The van der Waals surface area contributed by atoms with E-state index in [9.17, 15) is 0 Å². The summed E-state index contributed by atoms with van der Waals surface area (Å²) in [5.74, 6) is 0.852. The monoisotopic (exact) mass is 255 g/mol. The highest BCUT2D eigenvalue weighted by Crippen LogP contribution is 2.12. The van der Waals surface area contributed by atoms with Gasteiger partial charge < -0.3 is 5.32 Å². The first-order chi connectivity index (χ1) is 8.26. The highest BCUT2D eigenvalue weighted by molar-refractivity contribution is 6.28. The summed E-state index contributed by atoms with van der Waals surface area (Å²) in [7, 11) is 0. The van der Waals surface area contributed by atoms with Crippen LogP contribution in [-0.2, 0) is 6.42 Å². The molecule has 0 bridgehead atoms. The number of aryl methyl sites for hydroxylation is 1. The molecular formula is C13H22ClN3. The van der Waals surface area contributed by atoms with Gasteiger partial charge in [0.25, 0.3) is 0 Å². The number of anilines is 1. The van der Waals surface area contributed by atoms with Gasteiger partial charge in [-0.15, -0.1) is 0 Å². The molecule has 0 amide bonds. The van der Waals surface area contributed by atoms with Crippen molar-refractivity contribution in [1.82, 2.24) is 9.97 Å². The van der Waals surface area contributed by atoms with Gasteiger partial charge in [0.1, 0.15) is 5.82 Å². The van der Waals surface area contributed by atoms with E-state index in [1.165, 1.54) is 25.7 Å². The number of halogens is 1. The third-order valence-electron chi connectivity index (χ3n) is 2.59. The predicted octanol–water partition coefficient (Wildman–Crippen LogP) is 4.07. The average molecular weight is 256 g/mol. The third-order valence-corrected chi connectivity index (χ3v) is 2.76. The Labute approximate surface area is 109 Å². The SMILES string of the molecule is CCCCCCNc1cc(CCC)nc(Cl)n1. The summed E-state index contributed by atoms with van der Waals surface area (Å²) >= 11 is 5.89. The summed E-state index contributed by atoms with van der Waals surface area (Å²) in [6.07, 6.45) is 7.03. The Balaban J connectivity index is 2.41. The van der Waals surface area contributed by atoms with Gasteiger partial charge in [-0.1, -0.05) is 39.5 Å². The van der Waals surface area contributed by atoms with Crippen LogP contribution in [0.5, 0.6) is 0 Å². The van der Waals surface area contributed by atoms with Crippen molar-refractivity contribution in [2.24, 2.45) is 0 Å². The molecule has 0 aliphatic rings. The number of hydrogen-bond acceptors (Lipinski definition) is 3. The van der Waals surface area contributed by atoms with Crippen molar-refractivity contribution in [3.63, 3.8) is 0 Å². The van der Waals surface area contributed by atoms with Crippen LogP contribution >= 0.6 is 11.6 Å². The van der Waals surface area contributed by atoms with Crippen molar-refractivity contribution in [1.29, 1.82) is 0 Å². The number of nitrogens with zero attached hydrogens (tertiary/aromatic N) is 2. The number of aromatic nitrogens is 2. The first-order valence-corrected chi connectivity index (χ1v) is 6.91. The second-order valence-electron chi connectivity index (χ2n) is 4.25. The Morgan fingerprint density at radius 1 is 1.12 bits per heavy atom. The zero-order valence-electron chi connectivity index (χ0n) is 10.8. The number of nitrogens with one attached hydrogen (secondary N) is 1. The van der Waals surface area contributed by atoms with Gasteiger partial charge >= 0.3 is 0 Å². The lowest BCUT2D eigenvalue weighted by atomic mass is 10.2. The summed E-state index contributed by atoms with van der Waals surface area (Å²) in [4.78, 5) is 8.37. The minimum absolute atomic E-state index is 0.340. The van der Waals surface area contributed by atoms with Crippen molar-refractivity contribution >= 4 is 17.4 Å². The molecule has 17 heavy (non-hydrogen) atoms. The van der Waals surface area contributed by atoms with Gasteiger partial charge in [0, 0.05) is 18.3 Å². The van der Waals surface area contributed by atoms with Crippen LogP contribution in [0.15, 0.2) is 6.07 Å². The van der Waals surface area contributed by atoms with Crippen molar-refractivity contribution in [3.05, 3.63) is 17.0 Å². The lowest BCUT2D eigenvalue weighted by Gasteiger charge is -2.07. The van der Waals surface area contributed by atoms with E-state index in [0.29, 0.717) is 5.28 Å². The molecule has 1 rings (SSSR count). The molecular weight excluding hydrogens is 234 g/mol. The minimum atomic E-state index is 0.340. The van der Waals surface area contributed by atoms with E-state index < -0.39 is 0 Å². The van der Waals surface area contributed by atoms with Gasteiger partial charge in [0.2, 0.25) is 5.28 Å². The molecule has 96 valence electrons. The fourth-order valence-electron chi connectivity index (χ4n) is 1.71. The molecule has 1 N–H and O–H groups in total. The molecule has 1 aromatic heterocycles. The second-order valence-corrected chi connectivity index (χ2v) is 4.59. The van der Waals surface area contributed by atoms with Crippen molar-refractivity contribution in [2.75, 3.05) is 11.9 Å². The van der Waals surface area contributed by atoms with Gasteiger partial charge in [-0.05, 0) is 24.4 Å². The van der Waals surface area contributed by atoms with Gasteiger partial charge in [-0.2, -0.15) is 0 Å². The van der Waals surface area contributed by atoms with Crippen LogP contribution in [0.3, 0.4) is 0 Å². The Morgan fingerprint density at radius 3 is 2.65 bits per heavy atom. The summed E-state index contributed by atoms with van der Waals surface area (Å²) in [6.45, 7) is 5.31. The van der Waals surface area contributed by atoms with Gasteiger partial charge in [0.05, 0.1) is 0 Å². The molecule has 0 radical (unpaired) electrons. The standard InChI is InChI=1S/C13H22ClN3/c1-3-5-6-7-9-15-12-10-11(8-4-2)16-13(14)17-12/h10H,3-9H2,1-2H3,(H,15,16,17). The zero-order valence-corrected chi connectivity index (χ0v) is 11.6. The van der Waals surface area contributed by atoms with Gasteiger partial charge in [-0.25, -0.2) is 9.97 Å². The topological polar surface area (TPSA) is 37.8 Å². The lowest BCUT2D eigenvalue weighted by molar-refractivity contribution is 0.684. The number of rotatable bonds is 8. The van der Waals surface area contributed by atoms with Crippen LogP contribution in [0.25, 0.3) is 0 Å². The summed E-state index contributed by atoms with van der Waals surface area (Å²) in [6, 6.07) is 2.00. The molecule has 4 heteroatoms. The second kappa shape index (κ2) is 8.29. The minimum Gasteiger partial charge on any atom is -0.370 e. The highest BCUT2D eigenvalue weighted by Gasteiger charge is 2.01. The lowest BCUT2D eigenvalue weighted by Crippen LogP contribution is -2.05. The fourth-order valence-corrected chi connectivity index (χ4v) is 1.91. The van der Waals surface area contributed by atoms with Crippen LogP contribution < -0.4 is 5.32 Å². The molecule has 0 aromatic carbocycles. The van der Waals surface area contributed by atoms with E-state index in [2.05, 4.69) is 29.1 Å². The predicted molar refractivity (Wildman–Crippen MR) is 73.7 cm³/mol. The van der Waals surface area contributed by atoms with Crippen molar-refractivity contribution in [3.8, 4) is 0 Å². The third kappa shape index (κ3) is 5.87. The van der Waals surface area contributed by atoms with Crippen molar-refractivity contribution in [2.45, 2.75) is 52.4 Å². The van der Waals surface area contributed by atoms with Crippen LogP contribution in [0.2, 0.25) is 5.28 Å². The first-order valence-electron chi connectivity index (χ1n) is 6.53. The molecule has 0 atom stereocenters. The van der Waals surface area contributed by atoms with Crippen LogP contribution in [0, 0.1) is 0 Å². The summed E-state index contributed by atoms with van der Waals surface area (Å²) in [5, 5.41) is 3.65. The van der Waals surface area contributed by atoms with Gasteiger partial charge in [-0.3, -0.25) is 0 Å². The molecule has 1 aromatic rings. The van der Waals surface area contributed by atoms with E-state index in [4.69, 9.17) is 11.6 Å². The van der Waals surface area contributed by atoms with E-state index in [1.54, 1.807) is 0 Å². The first kappa shape index (κ1) is 14.2. The molecule has 0 unspecified atom stereocenters. The average Bonchev–Trinajstić information content (AvgIpc) is 2.28. The Hall–Kier alpha value is -0.830. The Kier molecular flexibility index (Phi) is 6.94. The fraction of sp³-hybridized carbons (Fsp3) is 0.692. The van der Waals surface area contributed by atoms with Crippen LogP contribution in [0.4, 0.5) is 5.82 Å². The smallest absolute Gasteiger partial charge is 0.224 e. The van der Waals surface area contributed by atoms with E-state index in [1.807, 2.05) is 6.07 Å². The van der Waals surface area contributed by atoms with Crippen molar-refractivity contribution < 1.29 is 0 Å². The summed E-state index contributed by atoms with van der Waals surface area (Å²) in [5.41, 5.74) is 1.02. The molecule has 0 saturated heterocycles. The molecule has 0 aliphatic carbocycles. The number of hydrogen-bond donors (Lipinski definition) is 1. The molecule has 0 aliphatic heterocycles. The number of unbranched alkanes of at least 4 members (excludes halogenated alkanes) is 3. The maximum Gasteiger partial charge on any atom is 0.224 e. The Morgan fingerprint density at radius 2 is 1.94 bits per heavy atom. The quantitative estimate of drug-likeness (QED) is 0.562. The summed E-state index contributed by atoms with van der Waals surface area (Å²) < 4.78 is 0. The van der Waals surface area contributed by atoms with E-state index in [-0.39, 0.29) is 0 Å². The molecule has 0 saturated carbocycles. The molecule has 1 heterocycles. The molecule has 0 spiro atoms. The van der Waals surface area contributed by atoms with Crippen LogP contribution in [0.1, 0.15) is 51.6 Å².